The summed E-state index contributed by atoms with van der Waals surface area (Å²) in [6, 6.07) is 25.5. The lowest BCUT2D eigenvalue weighted by molar-refractivity contribution is 0.0600. The normalized spacial score (nSPS) is 11.1. The van der Waals surface area contributed by atoms with Gasteiger partial charge in [-0.1, -0.05) is 48.5 Å². The van der Waals surface area contributed by atoms with E-state index < -0.39 is 0 Å². The van der Waals surface area contributed by atoms with Gasteiger partial charge in [-0.25, -0.2) is 4.79 Å². The molecule has 1 aromatic heterocycles. The summed E-state index contributed by atoms with van der Waals surface area (Å²) in [5, 5.41) is 5.50. The van der Waals surface area contributed by atoms with Gasteiger partial charge < -0.3 is 9.30 Å². The second-order valence-corrected chi connectivity index (χ2v) is 6.66. The van der Waals surface area contributed by atoms with Crippen LogP contribution in [0.1, 0.15) is 21.5 Å². The average Bonchev–Trinajstić information content (AvgIpc) is 3.11. The zero-order chi connectivity index (χ0) is 20.1. The Hall–Kier alpha value is -3.86. The lowest BCUT2D eigenvalue weighted by Gasteiger charge is -2.07. The molecule has 1 N–H and O–H groups in total. The predicted molar refractivity (Wildman–Crippen MR) is 116 cm³/mol. The number of rotatable bonds is 6. The molecule has 0 aliphatic carbocycles. The molecule has 0 saturated carbocycles. The minimum Gasteiger partial charge on any atom is -0.465 e. The van der Waals surface area contributed by atoms with Gasteiger partial charge in [0.05, 0.1) is 24.6 Å². The van der Waals surface area contributed by atoms with Crippen LogP contribution in [0.3, 0.4) is 0 Å². The van der Waals surface area contributed by atoms with Gasteiger partial charge in [0.1, 0.15) is 0 Å². The number of esters is 1. The zero-order valence-electron chi connectivity index (χ0n) is 16.1. The number of hydrazone groups is 1. The fraction of sp³-hybridized carbons (Fsp3) is 0.0833. The second kappa shape index (κ2) is 8.44. The van der Waals surface area contributed by atoms with E-state index in [1.54, 1.807) is 6.07 Å². The van der Waals surface area contributed by atoms with E-state index in [-0.39, 0.29) is 5.97 Å². The maximum atomic E-state index is 11.8. The summed E-state index contributed by atoms with van der Waals surface area (Å²) < 4.78 is 6.99. The van der Waals surface area contributed by atoms with Crippen LogP contribution < -0.4 is 5.43 Å². The number of aromatic nitrogens is 1. The summed E-state index contributed by atoms with van der Waals surface area (Å²) in [5.74, 6) is -0.330. The van der Waals surface area contributed by atoms with Crippen LogP contribution in [0.4, 0.5) is 5.69 Å². The van der Waals surface area contributed by atoms with Crippen molar-refractivity contribution in [3.05, 3.63) is 102 Å². The number of anilines is 1. The maximum Gasteiger partial charge on any atom is 0.337 e. The van der Waals surface area contributed by atoms with E-state index in [9.17, 15) is 4.79 Å². The molecule has 0 fully saturated rings. The van der Waals surface area contributed by atoms with Gasteiger partial charge in [-0.05, 0) is 35.9 Å². The molecule has 0 aliphatic rings. The summed E-state index contributed by atoms with van der Waals surface area (Å²) in [6.07, 6.45) is 3.91. The summed E-state index contributed by atoms with van der Waals surface area (Å²) in [5.41, 5.74) is 7.70. The largest absolute Gasteiger partial charge is 0.465 e. The van der Waals surface area contributed by atoms with Crippen LogP contribution in [0.2, 0.25) is 0 Å². The highest BCUT2D eigenvalue weighted by Gasteiger charge is 2.09. The van der Waals surface area contributed by atoms with Gasteiger partial charge in [-0.15, -0.1) is 0 Å². The first kappa shape index (κ1) is 18.5. The van der Waals surface area contributed by atoms with Crippen molar-refractivity contribution in [1.29, 1.82) is 0 Å². The molecule has 0 saturated heterocycles. The number of hydrogen-bond donors (Lipinski definition) is 1. The molecule has 0 atom stereocenters. The Labute approximate surface area is 169 Å². The summed E-state index contributed by atoms with van der Waals surface area (Å²) >= 11 is 0. The van der Waals surface area contributed by atoms with E-state index in [1.165, 1.54) is 7.11 Å². The van der Waals surface area contributed by atoms with Gasteiger partial charge in [0.15, 0.2) is 0 Å². The molecule has 0 unspecified atom stereocenters. The third-order valence-electron chi connectivity index (χ3n) is 4.69. The highest BCUT2D eigenvalue weighted by Crippen LogP contribution is 2.22. The molecule has 3 aromatic carbocycles. The van der Waals surface area contributed by atoms with Crippen molar-refractivity contribution in [3.63, 3.8) is 0 Å². The van der Waals surface area contributed by atoms with E-state index in [4.69, 9.17) is 4.74 Å². The van der Waals surface area contributed by atoms with Crippen LogP contribution in [0, 0.1) is 0 Å². The number of carbonyl (C=O) groups is 1. The zero-order valence-corrected chi connectivity index (χ0v) is 16.1. The monoisotopic (exact) mass is 383 g/mol. The molecular formula is C24H21N3O2. The number of hydrogen-bond acceptors (Lipinski definition) is 4. The van der Waals surface area contributed by atoms with Crippen LogP contribution in [-0.2, 0) is 11.3 Å². The molecule has 5 heteroatoms. The van der Waals surface area contributed by atoms with Gasteiger partial charge in [-0.2, -0.15) is 5.10 Å². The standard InChI is InChI=1S/C24H21N3O2/c1-29-24(28)19-9-7-8-18(14-19)16-27-17-20(22-12-5-6-13-23(22)27)15-25-26-21-10-3-2-4-11-21/h2-15,17,26H,16H2,1H3/b25-15-. The molecule has 5 nitrogen and oxygen atoms in total. The topological polar surface area (TPSA) is 55.6 Å². The van der Waals surface area contributed by atoms with Gasteiger partial charge in [0.25, 0.3) is 0 Å². The Morgan fingerprint density at radius 3 is 2.66 bits per heavy atom. The van der Waals surface area contributed by atoms with Crippen LogP contribution >= 0.6 is 0 Å². The number of ether oxygens (including phenoxy) is 1. The van der Waals surface area contributed by atoms with Gasteiger partial charge >= 0.3 is 5.97 Å². The molecule has 4 rings (SSSR count). The number of para-hydroxylation sites is 2. The molecule has 29 heavy (non-hydrogen) atoms. The smallest absolute Gasteiger partial charge is 0.337 e. The molecule has 0 radical (unpaired) electrons. The van der Waals surface area contributed by atoms with Crippen molar-refractivity contribution >= 4 is 28.8 Å². The Morgan fingerprint density at radius 2 is 1.83 bits per heavy atom. The van der Waals surface area contributed by atoms with Gasteiger partial charge in [0.2, 0.25) is 0 Å². The Morgan fingerprint density at radius 1 is 1.03 bits per heavy atom. The molecule has 0 amide bonds. The highest BCUT2D eigenvalue weighted by molar-refractivity contribution is 5.99. The van der Waals surface area contributed by atoms with Crippen LogP contribution in [0.5, 0.6) is 0 Å². The fourth-order valence-electron chi connectivity index (χ4n) is 3.31. The number of nitrogens with zero attached hydrogens (tertiary/aromatic N) is 2. The Balaban J connectivity index is 1.62. The lowest BCUT2D eigenvalue weighted by atomic mass is 10.1. The van der Waals surface area contributed by atoms with E-state index >= 15 is 0 Å². The van der Waals surface area contributed by atoms with E-state index in [0.29, 0.717) is 12.1 Å². The summed E-state index contributed by atoms with van der Waals surface area (Å²) in [4.78, 5) is 11.8. The first-order valence-corrected chi connectivity index (χ1v) is 9.34. The quantitative estimate of drug-likeness (QED) is 0.292. The van der Waals surface area contributed by atoms with Crippen LogP contribution in [0.15, 0.2) is 90.2 Å². The van der Waals surface area contributed by atoms with Crippen molar-refractivity contribution in [3.8, 4) is 0 Å². The van der Waals surface area contributed by atoms with Crippen molar-refractivity contribution in [2.24, 2.45) is 5.10 Å². The SMILES string of the molecule is COC(=O)c1cccc(Cn2cc(/C=N\Nc3ccccc3)c3ccccc32)c1. The Bertz CT molecular complexity index is 1160. The summed E-state index contributed by atoms with van der Waals surface area (Å²) in [7, 11) is 1.39. The van der Waals surface area contributed by atoms with Crippen molar-refractivity contribution in [2.45, 2.75) is 6.54 Å². The molecule has 0 spiro atoms. The van der Waals surface area contributed by atoms with Gasteiger partial charge in [-0.3, -0.25) is 5.43 Å². The number of fused-ring (bicyclic) bond motifs is 1. The third kappa shape index (κ3) is 4.19. The summed E-state index contributed by atoms with van der Waals surface area (Å²) in [6.45, 7) is 0.644. The van der Waals surface area contributed by atoms with Crippen molar-refractivity contribution in [1.82, 2.24) is 4.57 Å². The predicted octanol–water partition coefficient (Wildman–Crippen LogP) is 4.92. The highest BCUT2D eigenvalue weighted by atomic mass is 16.5. The van der Waals surface area contributed by atoms with Crippen LogP contribution in [0.25, 0.3) is 10.9 Å². The first-order valence-electron chi connectivity index (χ1n) is 9.34. The number of methoxy groups -OCH3 is 1. The van der Waals surface area contributed by atoms with E-state index in [1.807, 2.05) is 66.9 Å². The van der Waals surface area contributed by atoms with Crippen molar-refractivity contribution in [2.75, 3.05) is 12.5 Å². The van der Waals surface area contributed by atoms with Gasteiger partial charge in [0, 0.05) is 29.2 Å². The molecule has 144 valence electrons. The average molecular weight is 383 g/mol. The minimum absolute atomic E-state index is 0.330. The molecule has 1 heterocycles. The third-order valence-corrected chi connectivity index (χ3v) is 4.69. The van der Waals surface area contributed by atoms with E-state index in [0.717, 1.165) is 27.7 Å². The molecular weight excluding hydrogens is 362 g/mol. The minimum atomic E-state index is -0.330. The number of carbonyl (C=O) groups excluding carboxylic acids is 1. The molecule has 0 bridgehead atoms. The van der Waals surface area contributed by atoms with Crippen molar-refractivity contribution < 1.29 is 9.53 Å². The lowest BCUT2D eigenvalue weighted by Crippen LogP contribution is -2.03. The van der Waals surface area contributed by atoms with E-state index in [2.05, 4.69) is 33.4 Å². The number of nitrogens with one attached hydrogen (secondary N) is 1. The number of benzene rings is 3. The molecule has 4 aromatic rings. The fourth-order valence-corrected chi connectivity index (χ4v) is 3.31. The first-order chi connectivity index (χ1) is 14.2. The maximum absolute atomic E-state index is 11.8. The van der Waals surface area contributed by atoms with Crippen LogP contribution in [-0.4, -0.2) is 23.9 Å². The molecule has 0 aliphatic heterocycles. The Kier molecular flexibility index (Phi) is 5.38. The second-order valence-electron chi connectivity index (χ2n) is 6.66.